The molecule has 4 rings (SSSR count). The Balaban J connectivity index is 1.62. The maximum absolute atomic E-state index is 6.15. The first kappa shape index (κ1) is 13.2. The molecule has 2 saturated heterocycles. The van der Waals surface area contributed by atoms with Gasteiger partial charge in [-0.2, -0.15) is 0 Å². The van der Waals surface area contributed by atoms with Gasteiger partial charge in [-0.1, -0.05) is 0 Å². The van der Waals surface area contributed by atoms with Gasteiger partial charge >= 0.3 is 0 Å². The lowest BCUT2D eigenvalue weighted by Gasteiger charge is -2.37. The van der Waals surface area contributed by atoms with E-state index in [2.05, 4.69) is 33.5 Å². The van der Waals surface area contributed by atoms with Crippen molar-refractivity contribution < 1.29 is 0 Å². The topological polar surface area (TPSA) is 59.5 Å². The summed E-state index contributed by atoms with van der Waals surface area (Å²) in [5.74, 6) is 0.823. The van der Waals surface area contributed by atoms with E-state index in [-0.39, 0.29) is 0 Å². The van der Waals surface area contributed by atoms with Crippen molar-refractivity contribution in [2.24, 2.45) is 5.73 Å². The molecule has 21 heavy (non-hydrogen) atoms. The van der Waals surface area contributed by atoms with Gasteiger partial charge in [-0.25, -0.2) is 9.97 Å². The molecule has 2 aromatic heterocycles. The second-order valence-corrected chi connectivity index (χ2v) is 6.73. The third kappa shape index (κ3) is 2.24. The highest BCUT2D eigenvalue weighted by atomic mass is 15.2. The summed E-state index contributed by atoms with van der Waals surface area (Å²) >= 11 is 0. The van der Waals surface area contributed by atoms with Crippen molar-refractivity contribution in [3.05, 3.63) is 29.3 Å². The standard InChI is InChI=1S/C16H23N5/c1-10-5-11(2)20-8-13(19-16(20)18-10)9-21-14-3-4-15(21)7-12(17)6-14/h5,8,12,14-15H,3-4,6-7,9,17H2,1-2H3. The number of aryl methyl sites for hydroxylation is 2. The Hall–Kier alpha value is -1.46. The molecule has 0 radical (unpaired) electrons. The van der Waals surface area contributed by atoms with E-state index in [0.717, 1.165) is 36.6 Å². The Morgan fingerprint density at radius 1 is 1.19 bits per heavy atom. The van der Waals surface area contributed by atoms with Crippen molar-refractivity contribution in [2.75, 3.05) is 0 Å². The third-order valence-corrected chi connectivity index (χ3v) is 5.08. The van der Waals surface area contributed by atoms with Crippen LogP contribution in [0.5, 0.6) is 0 Å². The van der Waals surface area contributed by atoms with E-state index in [0.29, 0.717) is 18.1 Å². The van der Waals surface area contributed by atoms with E-state index in [1.807, 2.05) is 6.92 Å². The smallest absolute Gasteiger partial charge is 0.234 e. The first-order chi connectivity index (χ1) is 10.1. The maximum Gasteiger partial charge on any atom is 0.234 e. The van der Waals surface area contributed by atoms with Crippen LogP contribution in [0, 0.1) is 13.8 Å². The van der Waals surface area contributed by atoms with Gasteiger partial charge in [0, 0.05) is 42.3 Å². The van der Waals surface area contributed by atoms with Crippen LogP contribution in [-0.2, 0) is 6.54 Å². The highest BCUT2D eigenvalue weighted by Gasteiger charge is 2.39. The highest BCUT2D eigenvalue weighted by Crippen LogP contribution is 2.36. The highest BCUT2D eigenvalue weighted by molar-refractivity contribution is 5.34. The zero-order valence-corrected chi connectivity index (χ0v) is 12.8. The van der Waals surface area contributed by atoms with E-state index in [1.54, 1.807) is 0 Å². The molecule has 112 valence electrons. The van der Waals surface area contributed by atoms with Crippen LogP contribution in [0.25, 0.3) is 5.78 Å². The molecule has 4 heterocycles. The first-order valence-corrected chi connectivity index (χ1v) is 7.93. The summed E-state index contributed by atoms with van der Waals surface area (Å²) in [5, 5.41) is 0. The minimum Gasteiger partial charge on any atom is -0.328 e. The van der Waals surface area contributed by atoms with Crippen molar-refractivity contribution in [3.63, 3.8) is 0 Å². The number of aromatic nitrogens is 3. The van der Waals surface area contributed by atoms with Gasteiger partial charge < -0.3 is 5.73 Å². The van der Waals surface area contributed by atoms with Gasteiger partial charge in [-0.05, 0) is 45.6 Å². The first-order valence-electron chi connectivity index (χ1n) is 7.93. The lowest BCUT2D eigenvalue weighted by molar-refractivity contribution is 0.118. The summed E-state index contributed by atoms with van der Waals surface area (Å²) in [4.78, 5) is 11.9. The zero-order chi connectivity index (χ0) is 14.6. The Morgan fingerprint density at radius 3 is 2.62 bits per heavy atom. The van der Waals surface area contributed by atoms with Gasteiger partial charge in [0.1, 0.15) is 0 Å². The second kappa shape index (κ2) is 4.78. The number of hydrogen-bond donors (Lipinski definition) is 1. The van der Waals surface area contributed by atoms with Gasteiger partial charge in [0.2, 0.25) is 5.78 Å². The van der Waals surface area contributed by atoms with Crippen molar-refractivity contribution in [2.45, 2.75) is 64.2 Å². The molecule has 5 nitrogen and oxygen atoms in total. The van der Waals surface area contributed by atoms with Crippen molar-refractivity contribution in [1.29, 1.82) is 0 Å². The second-order valence-electron chi connectivity index (χ2n) is 6.73. The summed E-state index contributed by atoms with van der Waals surface area (Å²) in [6.07, 6.45) is 7.01. The van der Waals surface area contributed by atoms with Crippen molar-refractivity contribution in [1.82, 2.24) is 19.3 Å². The van der Waals surface area contributed by atoms with Crippen molar-refractivity contribution >= 4 is 5.78 Å². The van der Waals surface area contributed by atoms with E-state index in [1.165, 1.54) is 18.5 Å². The predicted octanol–water partition coefficient (Wildman–Crippen LogP) is 1.80. The molecule has 2 bridgehead atoms. The van der Waals surface area contributed by atoms with Gasteiger partial charge in [-0.3, -0.25) is 9.30 Å². The predicted molar refractivity (Wildman–Crippen MR) is 82.0 cm³/mol. The summed E-state index contributed by atoms with van der Waals surface area (Å²) in [5.41, 5.74) is 9.50. The Bertz CT molecular complexity index is 663. The minimum absolute atomic E-state index is 0.395. The fourth-order valence-corrected chi connectivity index (χ4v) is 4.16. The molecule has 0 aliphatic carbocycles. The van der Waals surface area contributed by atoms with Crippen LogP contribution in [-0.4, -0.2) is 37.4 Å². The van der Waals surface area contributed by atoms with Gasteiger partial charge in [-0.15, -0.1) is 0 Å². The monoisotopic (exact) mass is 285 g/mol. The van der Waals surface area contributed by atoms with Gasteiger partial charge in [0.15, 0.2) is 0 Å². The summed E-state index contributed by atoms with van der Waals surface area (Å²) in [6.45, 7) is 5.06. The van der Waals surface area contributed by atoms with E-state index >= 15 is 0 Å². The quantitative estimate of drug-likeness (QED) is 0.914. The largest absolute Gasteiger partial charge is 0.328 e. The maximum atomic E-state index is 6.15. The molecule has 2 aliphatic heterocycles. The molecular formula is C16H23N5. The molecule has 2 N–H and O–H groups in total. The number of fused-ring (bicyclic) bond motifs is 3. The average Bonchev–Trinajstić information content (AvgIpc) is 2.90. The molecule has 0 amide bonds. The van der Waals surface area contributed by atoms with Crippen LogP contribution in [0.15, 0.2) is 12.3 Å². The van der Waals surface area contributed by atoms with Crippen LogP contribution in [0.2, 0.25) is 0 Å². The van der Waals surface area contributed by atoms with Crippen LogP contribution in [0.1, 0.15) is 42.8 Å². The molecule has 0 aromatic carbocycles. The average molecular weight is 285 g/mol. The summed E-state index contributed by atoms with van der Waals surface area (Å²) < 4.78 is 2.10. The van der Waals surface area contributed by atoms with Crippen LogP contribution in [0.4, 0.5) is 0 Å². The lowest BCUT2D eigenvalue weighted by atomic mass is 9.98. The van der Waals surface area contributed by atoms with E-state index in [9.17, 15) is 0 Å². The molecule has 0 spiro atoms. The fraction of sp³-hybridized carbons (Fsp3) is 0.625. The molecule has 2 aromatic rings. The van der Waals surface area contributed by atoms with Crippen LogP contribution >= 0.6 is 0 Å². The Morgan fingerprint density at radius 2 is 1.90 bits per heavy atom. The summed E-state index contributed by atoms with van der Waals surface area (Å²) in [6, 6.07) is 3.80. The minimum atomic E-state index is 0.395. The number of piperidine rings is 1. The number of hydrogen-bond acceptors (Lipinski definition) is 4. The van der Waals surface area contributed by atoms with E-state index < -0.39 is 0 Å². The van der Waals surface area contributed by atoms with Crippen LogP contribution in [0.3, 0.4) is 0 Å². The Labute approximate surface area is 125 Å². The molecule has 2 unspecified atom stereocenters. The van der Waals surface area contributed by atoms with Gasteiger partial charge in [0.25, 0.3) is 0 Å². The molecule has 2 fully saturated rings. The molecule has 5 heteroatoms. The fourth-order valence-electron chi connectivity index (χ4n) is 4.16. The number of nitrogens with zero attached hydrogens (tertiary/aromatic N) is 4. The molecule has 2 aliphatic rings. The van der Waals surface area contributed by atoms with Gasteiger partial charge in [0.05, 0.1) is 5.69 Å². The SMILES string of the molecule is Cc1cc(C)n2cc(CN3C4CCC3CC(N)C4)nc2n1. The third-order valence-electron chi connectivity index (χ3n) is 5.08. The van der Waals surface area contributed by atoms with Crippen LogP contribution < -0.4 is 5.73 Å². The van der Waals surface area contributed by atoms with Crippen molar-refractivity contribution in [3.8, 4) is 0 Å². The molecule has 0 saturated carbocycles. The normalized spacial score (nSPS) is 29.4. The number of imidazole rings is 1. The Kier molecular flexibility index (Phi) is 3.01. The summed E-state index contributed by atoms with van der Waals surface area (Å²) in [7, 11) is 0. The number of rotatable bonds is 2. The lowest BCUT2D eigenvalue weighted by Crippen LogP contribution is -2.46. The van der Waals surface area contributed by atoms with E-state index in [4.69, 9.17) is 10.7 Å². The number of nitrogens with two attached hydrogens (primary N) is 1. The zero-order valence-electron chi connectivity index (χ0n) is 12.8. The molecule has 2 atom stereocenters. The molecular weight excluding hydrogens is 262 g/mol.